The largest absolute Gasteiger partial charge is 0.377 e. The highest BCUT2D eigenvalue weighted by molar-refractivity contribution is 9.10. The van der Waals surface area contributed by atoms with Crippen molar-refractivity contribution in [2.24, 2.45) is 0 Å². The zero-order valence-electron chi connectivity index (χ0n) is 11.7. The van der Waals surface area contributed by atoms with Gasteiger partial charge in [0.15, 0.2) is 0 Å². The Kier molecular flexibility index (Phi) is 4.06. The van der Waals surface area contributed by atoms with Crippen molar-refractivity contribution in [2.75, 3.05) is 5.32 Å². The van der Waals surface area contributed by atoms with Crippen LogP contribution in [0.4, 0.5) is 5.69 Å². The molecule has 21 heavy (non-hydrogen) atoms. The number of rotatable bonds is 4. The summed E-state index contributed by atoms with van der Waals surface area (Å²) in [7, 11) is 0. The van der Waals surface area contributed by atoms with E-state index in [4.69, 9.17) is 0 Å². The molecule has 0 aliphatic rings. The van der Waals surface area contributed by atoms with Crippen molar-refractivity contribution in [3.63, 3.8) is 0 Å². The van der Waals surface area contributed by atoms with E-state index < -0.39 is 0 Å². The molecule has 3 rings (SSSR count). The van der Waals surface area contributed by atoms with E-state index in [9.17, 15) is 0 Å². The van der Waals surface area contributed by atoms with Crippen molar-refractivity contribution in [3.05, 3.63) is 77.0 Å². The number of nitrogens with one attached hydrogen (secondary N) is 1. The van der Waals surface area contributed by atoms with Gasteiger partial charge in [0.25, 0.3) is 0 Å². The van der Waals surface area contributed by atoms with Gasteiger partial charge in [-0.15, -0.1) is 0 Å². The van der Waals surface area contributed by atoms with Crippen LogP contribution in [0.2, 0.25) is 0 Å². The fourth-order valence-electron chi connectivity index (χ4n) is 2.18. The summed E-state index contributed by atoms with van der Waals surface area (Å²) in [4.78, 5) is 0. The van der Waals surface area contributed by atoms with Crippen LogP contribution in [0.25, 0.3) is 5.69 Å². The van der Waals surface area contributed by atoms with Crippen LogP contribution in [-0.2, 0) is 0 Å². The second kappa shape index (κ2) is 6.14. The van der Waals surface area contributed by atoms with Crippen molar-refractivity contribution < 1.29 is 0 Å². The number of halogens is 1. The van der Waals surface area contributed by atoms with Crippen molar-refractivity contribution in [1.82, 2.24) is 9.78 Å². The summed E-state index contributed by atoms with van der Waals surface area (Å²) in [5, 5.41) is 7.93. The Morgan fingerprint density at radius 1 is 1.05 bits per heavy atom. The maximum Gasteiger partial charge on any atom is 0.0645 e. The van der Waals surface area contributed by atoms with Gasteiger partial charge in [-0.2, -0.15) is 5.10 Å². The van der Waals surface area contributed by atoms with Crippen molar-refractivity contribution in [1.29, 1.82) is 0 Å². The van der Waals surface area contributed by atoms with E-state index in [2.05, 4.69) is 45.5 Å². The van der Waals surface area contributed by atoms with E-state index in [-0.39, 0.29) is 6.04 Å². The molecule has 0 radical (unpaired) electrons. The van der Waals surface area contributed by atoms with Gasteiger partial charge < -0.3 is 5.32 Å². The molecule has 2 aromatic carbocycles. The number of aromatic nitrogens is 2. The molecule has 3 aromatic rings. The molecule has 0 saturated heterocycles. The molecule has 0 bridgehead atoms. The van der Waals surface area contributed by atoms with E-state index in [1.54, 1.807) is 0 Å². The summed E-state index contributed by atoms with van der Waals surface area (Å²) in [6, 6.07) is 18.4. The van der Waals surface area contributed by atoms with E-state index in [0.717, 1.165) is 21.4 Å². The summed E-state index contributed by atoms with van der Waals surface area (Å²) < 4.78 is 2.96. The number of nitrogens with zero attached hydrogens (tertiary/aromatic N) is 2. The number of hydrogen-bond acceptors (Lipinski definition) is 2. The first-order chi connectivity index (χ1) is 10.2. The minimum absolute atomic E-state index is 0.182. The summed E-state index contributed by atoms with van der Waals surface area (Å²) in [5.41, 5.74) is 3.30. The zero-order valence-corrected chi connectivity index (χ0v) is 13.3. The van der Waals surface area contributed by atoms with Crippen LogP contribution in [0, 0.1) is 0 Å². The lowest BCUT2D eigenvalue weighted by atomic mass is 10.2. The second-order valence-corrected chi connectivity index (χ2v) is 5.75. The molecule has 0 spiro atoms. The Morgan fingerprint density at radius 3 is 2.52 bits per heavy atom. The molecule has 1 aromatic heterocycles. The van der Waals surface area contributed by atoms with E-state index in [0.29, 0.717) is 0 Å². The van der Waals surface area contributed by atoms with Crippen LogP contribution in [0.1, 0.15) is 18.5 Å². The molecule has 4 heteroatoms. The first-order valence-corrected chi connectivity index (χ1v) is 7.64. The van der Waals surface area contributed by atoms with Gasteiger partial charge in [-0.3, -0.25) is 0 Å². The molecule has 1 unspecified atom stereocenters. The Labute approximate surface area is 132 Å². The maximum absolute atomic E-state index is 4.44. The molecule has 1 N–H and O–H groups in total. The monoisotopic (exact) mass is 341 g/mol. The van der Waals surface area contributed by atoms with E-state index in [1.165, 1.54) is 0 Å². The molecular weight excluding hydrogens is 326 g/mol. The normalized spacial score (nSPS) is 12.1. The Bertz CT molecular complexity index is 722. The first-order valence-electron chi connectivity index (χ1n) is 6.85. The van der Waals surface area contributed by atoms with Gasteiger partial charge in [0.05, 0.1) is 17.9 Å². The highest BCUT2D eigenvalue weighted by Crippen LogP contribution is 2.26. The summed E-state index contributed by atoms with van der Waals surface area (Å²) in [6.07, 6.45) is 3.96. The predicted octanol–water partition coefficient (Wildman–Crippen LogP) is 4.81. The second-order valence-electron chi connectivity index (χ2n) is 4.90. The molecule has 0 aliphatic carbocycles. The Morgan fingerprint density at radius 2 is 1.76 bits per heavy atom. The summed E-state index contributed by atoms with van der Waals surface area (Å²) >= 11 is 3.56. The fourth-order valence-corrected chi connectivity index (χ4v) is 2.58. The van der Waals surface area contributed by atoms with E-state index >= 15 is 0 Å². The average Bonchev–Trinajstić information content (AvgIpc) is 3.00. The molecule has 0 aliphatic heterocycles. The van der Waals surface area contributed by atoms with Crippen LogP contribution >= 0.6 is 15.9 Å². The van der Waals surface area contributed by atoms with Gasteiger partial charge in [-0.1, -0.05) is 30.3 Å². The quantitative estimate of drug-likeness (QED) is 0.738. The van der Waals surface area contributed by atoms with Gasteiger partial charge in [0.2, 0.25) is 0 Å². The lowest BCUT2D eigenvalue weighted by Gasteiger charge is -2.14. The van der Waals surface area contributed by atoms with Crippen LogP contribution < -0.4 is 5.32 Å². The molecular formula is C17H16BrN3. The van der Waals surface area contributed by atoms with Crippen LogP contribution in [-0.4, -0.2) is 9.78 Å². The molecule has 0 saturated carbocycles. The Balaban J connectivity index is 1.79. The molecule has 3 nitrogen and oxygen atoms in total. The zero-order chi connectivity index (χ0) is 14.7. The predicted molar refractivity (Wildman–Crippen MR) is 89.7 cm³/mol. The fraction of sp³-hybridized carbons (Fsp3) is 0.118. The highest BCUT2D eigenvalue weighted by Gasteiger charge is 2.10. The molecule has 0 amide bonds. The first kappa shape index (κ1) is 13.9. The van der Waals surface area contributed by atoms with Crippen molar-refractivity contribution in [3.8, 4) is 5.69 Å². The molecule has 0 fully saturated rings. The summed E-state index contributed by atoms with van der Waals surface area (Å²) in [5.74, 6) is 0. The van der Waals surface area contributed by atoms with Gasteiger partial charge >= 0.3 is 0 Å². The maximum atomic E-state index is 4.44. The van der Waals surface area contributed by atoms with Gasteiger partial charge in [0, 0.05) is 21.9 Å². The van der Waals surface area contributed by atoms with Gasteiger partial charge in [-0.05, 0) is 47.1 Å². The Hall–Kier alpha value is -2.07. The lowest BCUT2D eigenvalue weighted by Crippen LogP contribution is -2.06. The topological polar surface area (TPSA) is 29.9 Å². The standard InChI is InChI=1S/C17H16BrN3/c1-13(20-17-10-6-5-9-16(17)18)14-11-19-21(12-14)15-7-3-2-4-8-15/h2-13,20H,1H3. The molecule has 1 atom stereocenters. The number of anilines is 1. The summed E-state index contributed by atoms with van der Waals surface area (Å²) in [6.45, 7) is 2.13. The minimum Gasteiger partial charge on any atom is -0.377 e. The minimum atomic E-state index is 0.182. The highest BCUT2D eigenvalue weighted by atomic mass is 79.9. The third-order valence-corrected chi connectivity index (χ3v) is 4.06. The number of benzene rings is 2. The van der Waals surface area contributed by atoms with Crippen LogP contribution in [0.3, 0.4) is 0 Å². The third-order valence-electron chi connectivity index (χ3n) is 3.37. The van der Waals surface area contributed by atoms with Crippen LogP contribution in [0.15, 0.2) is 71.5 Å². The molecule has 106 valence electrons. The van der Waals surface area contributed by atoms with Gasteiger partial charge in [-0.25, -0.2) is 4.68 Å². The third kappa shape index (κ3) is 3.16. The smallest absolute Gasteiger partial charge is 0.0645 e. The van der Waals surface area contributed by atoms with E-state index in [1.807, 2.05) is 59.4 Å². The molecule has 1 heterocycles. The SMILES string of the molecule is CC(Nc1ccccc1Br)c1cnn(-c2ccccc2)c1. The average molecular weight is 342 g/mol. The van der Waals surface area contributed by atoms with Crippen molar-refractivity contribution in [2.45, 2.75) is 13.0 Å². The van der Waals surface area contributed by atoms with Crippen molar-refractivity contribution >= 4 is 21.6 Å². The number of hydrogen-bond donors (Lipinski definition) is 1. The van der Waals surface area contributed by atoms with Gasteiger partial charge in [0.1, 0.15) is 0 Å². The number of para-hydroxylation sites is 2. The lowest BCUT2D eigenvalue weighted by molar-refractivity contribution is 0.868. The van der Waals surface area contributed by atoms with Crippen LogP contribution in [0.5, 0.6) is 0 Å².